The summed E-state index contributed by atoms with van der Waals surface area (Å²) in [5.74, 6) is -1.57. The number of aryl methyl sites for hydroxylation is 1. The minimum atomic E-state index is -1.08. The number of thioether (sulfide) groups is 1. The second kappa shape index (κ2) is 6.69. The Bertz CT molecular complexity index is 1040. The first kappa shape index (κ1) is 17.2. The molecule has 0 spiro atoms. The van der Waals surface area contributed by atoms with Gasteiger partial charge in [0.15, 0.2) is 5.16 Å². The summed E-state index contributed by atoms with van der Waals surface area (Å²) >= 11 is 2.26. The number of H-pyrrole nitrogens is 1. The molecule has 0 unspecified atom stereocenters. The van der Waals surface area contributed by atoms with Crippen LogP contribution in [0.2, 0.25) is 0 Å². The molecule has 0 saturated carbocycles. The molecule has 0 atom stereocenters. The standard InChI is InChI=1S/C16H12N2O5S2/c1-7-10-12(19)17-16(18-13(10)25-11(7)15(22)23)24-6-8-2-4-9(5-3-8)14(20)21/h2-5H,6H2,1H3,(H,20,21)(H,22,23)(H,17,18,19). The Labute approximate surface area is 149 Å². The number of hydrogen-bond acceptors (Lipinski definition) is 6. The van der Waals surface area contributed by atoms with Crippen LogP contribution in [-0.4, -0.2) is 32.1 Å². The monoisotopic (exact) mass is 376 g/mol. The molecule has 25 heavy (non-hydrogen) atoms. The van der Waals surface area contributed by atoms with Crippen molar-refractivity contribution in [1.29, 1.82) is 0 Å². The van der Waals surface area contributed by atoms with E-state index in [2.05, 4.69) is 9.97 Å². The van der Waals surface area contributed by atoms with Gasteiger partial charge in [-0.15, -0.1) is 11.3 Å². The van der Waals surface area contributed by atoms with E-state index in [4.69, 9.17) is 10.2 Å². The Hall–Kier alpha value is -2.65. The van der Waals surface area contributed by atoms with Crippen LogP contribution in [0, 0.1) is 6.92 Å². The molecular formula is C16H12N2O5S2. The van der Waals surface area contributed by atoms with E-state index in [0.29, 0.717) is 26.7 Å². The van der Waals surface area contributed by atoms with Gasteiger partial charge in [0.05, 0.1) is 10.9 Å². The number of carboxylic acid groups (broad SMARTS) is 2. The lowest BCUT2D eigenvalue weighted by Crippen LogP contribution is -2.09. The molecule has 1 aromatic carbocycles. The third-order valence-corrected chi connectivity index (χ3v) is 5.67. The molecule has 2 heterocycles. The highest BCUT2D eigenvalue weighted by Gasteiger charge is 2.18. The summed E-state index contributed by atoms with van der Waals surface area (Å²) in [5.41, 5.74) is 1.14. The average Bonchev–Trinajstić information content (AvgIpc) is 2.91. The predicted octanol–water partition coefficient (Wildman–Crippen LogP) is 2.98. The number of rotatable bonds is 5. The zero-order valence-corrected chi connectivity index (χ0v) is 14.5. The van der Waals surface area contributed by atoms with E-state index in [1.54, 1.807) is 19.1 Å². The van der Waals surface area contributed by atoms with Gasteiger partial charge in [-0.2, -0.15) is 0 Å². The lowest BCUT2D eigenvalue weighted by molar-refractivity contribution is 0.0688. The fourth-order valence-electron chi connectivity index (χ4n) is 2.29. The van der Waals surface area contributed by atoms with Gasteiger partial charge in [-0.1, -0.05) is 23.9 Å². The molecule has 0 radical (unpaired) electrons. The topological polar surface area (TPSA) is 120 Å². The van der Waals surface area contributed by atoms with Crippen molar-refractivity contribution in [2.45, 2.75) is 17.8 Å². The smallest absolute Gasteiger partial charge is 0.346 e. The molecule has 3 rings (SSSR count). The number of hydrogen-bond donors (Lipinski definition) is 3. The van der Waals surface area contributed by atoms with E-state index in [1.807, 2.05) is 0 Å². The molecule has 0 aliphatic carbocycles. The van der Waals surface area contributed by atoms with Gasteiger partial charge in [-0.25, -0.2) is 14.6 Å². The van der Waals surface area contributed by atoms with Gasteiger partial charge < -0.3 is 15.2 Å². The Kier molecular flexibility index (Phi) is 4.60. The van der Waals surface area contributed by atoms with Crippen LogP contribution in [0.25, 0.3) is 10.2 Å². The molecule has 128 valence electrons. The minimum Gasteiger partial charge on any atom is -0.478 e. The van der Waals surface area contributed by atoms with Crippen LogP contribution in [0.1, 0.15) is 31.2 Å². The van der Waals surface area contributed by atoms with Gasteiger partial charge in [0.2, 0.25) is 0 Å². The summed E-state index contributed by atoms with van der Waals surface area (Å²) in [4.78, 5) is 41.7. The SMILES string of the molecule is Cc1c(C(=O)O)sc2nc(SCc3ccc(C(=O)O)cc3)[nH]c(=O)c12. The van der Waals surface area contributed by atoms with Crippen molar-refractivity contribution < 1.29 is 19.8 Å². The van der Waals surface area contributed by atoms with Crippen LogP contribution in [-0.2, 0) is 5.75 Å². The van der Waals surface area contributed by atoms with Gasteiger partial charge in [-0.3, -0.25) is 4.79 Å². The van der Waals surface area contributed by atoms with Gasteiger partial charge >= 0.3 is 11.9 Å². The fourth-order valence-corrected chi connectivity index (χ4v) is 4.19. The van der Waals surface area contributed by atoms with Crippen molar-refractivity contribution in [3.8, 4) is 0 Å². The minimum absolute atomic E-state index is 0.111. The number of nitrogens with one attached hydrogen (secondary N) is 1. The first-order chi connectivity index (χ1) is 11.9. The normalized spacial score (nSPS) is 10.9. The van der Waals surface area contributed by atoms with Crippen LogP contribution in [0.5, 0.6) is 0 Å². The third-order valence-electron chi connectivity index (χ3n) is 3.55. The molecule has 3 N–H and O–H groups in total. The highest BCUT2D eigenvalue weighted by atomic mass is 32.2. The number of thiophene rings is 1. The molecule has 0 fully saturated rings. The van der Waals surface area contributed by atoms with Crippen LogP contribution in [0.15, 0.2) is 34.2 Å². The van der Waals surface area contributed by atoms with Crippen molar-refractivity contribution >= 4 is 45.3 Å². The molecule has 0 amide bonds. The Morgan fingerprint density at radius 1 is 1.20 bits per heavy atom. The number of carbonyl (C=O) groups is 2. The van der Waals surface area contributed by atoms with Gasteiger partial charge in [0.1, 0.15) is 9.71 Å². The van der Waals surface area contributed by atoms with Crippen LogP contribution in [0.4, 0.5) is 0 Å². The van der Waals surface area contributed by atoms with E-state index >= 15 is 0 Å². The summed E-state index contributed by atoms with van der Waals surface area (Å²) in [6.07, 6.45) is 0. The zero-order chi connectivity index (χ0) is 18.1. The van der Waals surface area contributed by atoms with Crippen molar-refractivity contribution in [2.75, 3.05) is 0 Å². The largest absolute Gasteiger partial charge is 0.478 e. The number of carboxylic acids is 2. The molecule has 3 aromatic rings. The summed E-state index contributed by atoms with van der Waals surface area (Å²) < 4.78 is 0. The van der Waals surface area contributed by atoms with E-state index in [9.17, 15) is 14.4 Å². The molecule has 0 aliphatic heterocycles. The van der Waals surface area contributed by atoms with Crippen LogP contribution >= 0.6 is 23.1 Å². The van der Waals surface area contributed by atoms with Crippen molar-refractivity contribution in [3.05, 3.63) is 56.2 Å². The summed E-state index contributed by atoms with van der Waals surface area (Å²) in [6.45, 7) is 1.59. The Morgan fingerprint density at radius 2 is 1.88 bits per heavy atom. The van der Waals surface area contributed by atoms with Crippen LogP contribution in [0.3, 0.4) is 0 Å². The molecular weight excluding hydrogens is 364 g/mol. The molecule has 0 bridgehead atoms. The molecule has 0 aliphatic rings. The summed E-state index contributed by atoms with van der Waals surface area (Å²) in [6, 6.07) is 6.43. The molecule has 2 aromatic heterocycles. The molecule has 9 heteroatoms. The first-order valence-electron chi connectivity index (χ1n) is 7.08. The maximum atomic E-state index is 12.2. The number of nitrogens with zero attached hydrogens (tertiary/aromatic N) is 1. The molecule has 0 saturated heterocycles. The lowest BCUT2D eigenvalue weighted by atomic mass is 10.1. The quantitative estimate of drug-likeness (QED) is 0.462. The van der Waals surface area contributed by atoms with Crippen molar-refractivity contribution in [3.63, 3.8) is 0 Å². The number of aromatic amines is 1. The first-order valence-corrected chi connectivity index (χ1v) is 8.88. The Morgan fingerprint density at radius 3 is 2.48 bits per heavy atom. The number of aromatic carboxylic acids is 2. The van der Waals surface area contributed by atoms with E-state index in [0.717, 1.165) is 16.9 Å². The summed E-state index contributed by atoms with van der Waals surface area (Å²) in [5, 5.41) is 18.7. The number of aromatic nitrogens is 2. The predicted molar refractivity (Wildman–Crippen MR) is 94.9 cm³/mol. The van der Waals surface area contributed by atoms with Crippen molar-refractivity contribution in [2.24, 2.45) is 0 Å². The average molecular weight is 376 g/mol. The van der Waals surface area contributed by atoms with Crippen LogP contribution < -0.4 is 5.56 Å². The maximum Gasteiger partial charge on any atom is 0.346 e. The van der Waals surface area contributed by atoms with E-state index in [1.165, 1.54) is 23.9 Å². The lowest BCUT2D eigenvalue weighted by Gasteiger charge is -2.02. The third kappa shape index (κ3) is 3.42. The zero-order valence-electron chi connectivity index (χ0n) is 12.9. The van der Waals surface area contributed by atoms with Gasteiger partial charge in [0.25, 0.3) is 5.56 Å². The van der Waals surface area contributed by atoms with E-state index < -0.39 is 11.9 Å². The fraction of sp³-hybridized carbons (Fsp3) is 0.125. The van der Waals surface area contributed by atoms with E-state index in [-0.39, 0.29) is 16.0 Å². The summed E-state index contributed by atoms with van der Waals surface area (Å²) in [7, 11) is 0. The highest BCUT2D eigenvalue weighted by Crippen LogP contribution is 2.28. The Balaban J connectivity index is 1.85. The van der Waals surface area contributed by atoms with Gasteiger partial charge in [-0.05, 0) is 30.2 Å². The maximum absolute atomic E-state index is 12.2. The molecule has 7 nitrogen and oxygen atoms in total. The second-order valence-electron chi connectivity index (χ2n) is 5.20. The number of fused-ring (bicyclic) bond motifs is 1. The van der Waals surface area contributed by atoms with Crippen molar-refractivity contribution in [1.82, 2.24) is 9.97 Å². The number of benzene rings is 1. The van der Waals surface area contributed by atoms with Gasteiger partial charge in [0, 0.05) is 5.75 Å². The highest BCUT2D eigenvalue weighted by molar-refractivity contribution is 7.98. The second-order valence-corrected chi connectivity index (χ2v) is 7.17.